The fourth-order valence-corrected chi connectivity index (χ4v) is 1.58. The minimum atomic E-state index is -1.36. The molecule has 0 amide bonds. The standard InChI is InChI=1S/C10H8F3N3O/c11-7-3-8(12)10(15-9(7)13)16-1-2-17-6(4-14)5-16/h3,6H,1-2,5H2. The molecule has 2 heterocycles. The van der Waals surface area contributed by atoms with Gasteiger partial charge >= 0.3 is 0 Å². The molecular weight excluding hydrogens is 235 g/mol. The summed E-state index contributed by atoms with van der Waals surface area (Å²) in [6.45, 7) is 0.553. The topological polar surface area (TPSA) is 49.2 Å². The molecule has 2 rings (SSSR count). The molecule has 0 aromatic carbocycles. The average Bonchev–Trinajstić information content (AvgIpc) is 2.34. The molecule has 1 fully saturated rings. The number of hydrogen-bond donors (Lipinski definition) is 0. The fraction of sp³-hybridized carbons (Fsp3) is 0.400. The minimum Gasteiger partial charge on any atom is -0.360 e. The van der Waals surface area contributed by atoms with Crippen LogP contribution in [-0.4, -0.2) is 30.8 Å². The van der Waals surface area contributed by atoms with E-state index in [1.807, 2.05) is 6.07 Å². The molecule has 0 spiro atoms. The van der Waals surface area contributed by atoms with Crippen LogP contribution in [0.15, 0.2) is 6.07 Å². The lowest BCUT2D eigenvalue weighted by Gasteiger charge is -2.30. The van der Waals surface area contributed by atoms with Crippen molar-refractivity contribution in [3.63, 3.8) is 0 Å². The summed E-state index contributed by atoms with van der Waals surface area (Å²) in [5, 5.41) is 8.67. The van der Waals surface area contributed by atoms with Crippen molar-refractivity contribution in [3.8, 4) is 6.07 Å². The highest BCUT2D eigenvalue weighted by molar-refractivity contribution is 5.41. The summed E-state index contributed by atoms with van der Waals surface area (Å²) in [6, 6.07) is 2.31. The number of pyridine rings is 1. The summed E-state index contributed by atoms with van der Waals surface area (Å²) < 4.78 is 44.1. The number of halogens is 3. The maximum absolute atomic E-state index is 13.4. The van der Waals surface area contributed by atoms with Gasteiger partial charge in [-0.25, -0.2) is 8.78 Å². The Morgan fingerprint density at radius 1 is 1.41 bits per heavy atom. The molecule has 0 aliphatic carbocycles. The van der Waals surface area contributed by atoms with E-state index in [4.69, 9.17) is 10.00 Å². The lowest BCUT2D eigenvalue weighted by Crippen LogP contribution is -2.42. The summed E-state index contributed by atoms with van der Waals surface area (Å²) in [6.07, 6.45) is -0.724. The van der Waals surface area contributed by atoms with Gasteiger partial charge in [-0.15, -0.1) is 0 Å². The summed E-state index contributed by atoms with van der Waals surface area (Å²) in [5.41, 5.74) is 0. The number of nitriles is 1. The summed E-state index contributed by atoms with van der Waals surface area (Å²) in [4.78, 5) is 4.57. The van der Waals surface area contributed by atoms with Crippen LogP contribution in [0.5, 0.6) is 0 Å². The second kappa shape index (κ2) is 4.59. The smallest absolute Gasteiger partial charge is 0.251 e. The Morgan fingerprint density at radius 2 is 2.18 bits per heavy atom. The summed E-state index contributed by atoms with van der Waals surface area (Å²) in [5.74, 6) is -3.95. The maximum Gasteiger partial charge on any atom is 0.251 e. The molecule has 1 aliphatic heterocycles. The molecule has 1 aromatic rings. The molecule has 0 bridgehead atoms. The van der Waals surface area contributed by atoms with Crippen LogP contribution in [0.4, 0.5) is 19.0 Å². The number of morpholine rings is 1. The van der Waals surface area contributed by atoms with E-state index in [0.29, 0.717) is 6.07 Å². The number of rotatable bonds is 1. The van der Waals surface area contributed by atoms with Crippen LogP contribution in [0.25, 0.3) is 0 Å². The van der Waals surface area contributed by atoms with E-state index in [1.165, 1.54) is 4.90 Å². The van der Waals surface area contributed by atoms with Gasteiger partial charge in [-0.1, -0.05) is 0 Å². The van der Waals surface area contributed by atoms with E-state index >= 15 is 0 Å². The lowest BCUT2D eigenvalue weighted by atomic mass is 10.3. The maximum atomic E-state index is 13.4. The number of nitrogens with zero attached hydrogens (tertiary/aromatic N) is 3. The van der Waals surface area contributed by atoms with Gasteiger partial charge in [0.2, 0.25) is 0 Å². The SMILES string of the molecule is N#CC1CN(c2nc(F)c(F)cc2F)CCO1. The van der Waals surface area contributed by atoms with Gasteiger partial charge in [0, 0.05) is 12.6 Å². The van der Waals surface area contributed by atoms with Crippen molar-refractivity contribution < 1.29 is 17.9 Å². The summed E-state index contributed by atoms with van der Waals surface area (Å²) in [7, 11) is 0. The third-order valence-electron chi connectivity index (χ3n) is 2.38. The molecule has 1 atom stereocenters. The largest absolute Gasteiger partial charge is 0.360 e. The van der Waals surface area contributed by atoms with Crippen LogP contribution in [0.3, 0.4) is 0 Å². The van der Waals surface area contributed by atoms with E-state index in [0.717, 1.165) is 0 Å². The Kier molecular flexibility index (Phi) is 3.15. The molecular formula is C10H8F3N3O. The van der Waals surface area contributed by atoms with Gasteiger partial charge in [0.25, 0.3) is 5.95 Å². The molecule has 1 saturated heterocycles. The van der Waals surface area contributed by atoms with Gasteiger partial charge in [-0.2, -0.15) is 14.6 Å². The zero-order chi connectivity index (χ0) is 12.4. The van der Waals surface area contributed by atoms with Crippen LogP contribution in [0, 0.1) is 28.9 Å². The second-order valence-electron chi connectivity index (χ2n) is 3.50. The number of ether oxygens (including phenoxy) is 1. The zero-order valence-corrected chi connectivity index (χ0v) is 8.66. The number of hydrogen-bond acceptors (Lipinski definition) is 4. The molecule has 1 unspecified atom stereocenters. The van der Waals surface area contributed by atoms with E-state index in [2.05, 4.69) is 4.98 Å². The fourth-order valence-electron chi connectivity index (χ4n) is 1.58. The van der Waals surface area contributed by atoms with Crippen LogP contribution in [0.1, 0.15) is 0 Å². The Balaban J connectivity index is 2.28. The van der Waals surface area contributed by atoms with Crippen molar-refractivity contribution in [1.82, 2.24) is 4.98 Å². The van der Waals surface area contributed by atoms with E-state index < -0.39 is 23.7 Å². The first-order valence-corrected chi connectivity index (χ1v) is 4.89. The molecule has 1 aromatic heterocycles. The van der Waals surface area contributed by atoms with Crippen molar-refractivity contribution in [2.24, 2.45) is 0 Å². The minimum absolute atomic E-state index is 0.0749. The predicted molar refractivity (Wildman–Crippen MR) is 51.7 cm³/mol. The molecule has 7 heteroatoms. The van der Waals surface area contributed by atoms with E-state index in [1.54, 1.807) is 0 Å². The number of aromatic nitrogens is 1. The van der Waals surface area contributed by atoms with Crippen molar-refractivity contribution >= 4 is 5.82 Å². The first-order chi connectivity index (χ1) is 8.11. The van der Waals surface area contributed by atoms with Gasteiger partial charge in [0.05, 0.1) is 19.2 Å². The third-order valence-corrected chi connectivity index (χ3v) is 2.38. The van der Waals surface area contributed by atoms with Gasteiger partial charge < -0.3 is 9.64 Å². The van der Waals surface area contributed by atoms with Crippen LogP contribution in [-0.2, 0) is 4.74 Å². The van der Waals surface area contributed by atoms with Crippen molar-refractivity contribution in [2.75, 3.05) is 24.6 Å². The Morgan fingerprint density at radius 3 is 2.88 bits per heavy atom. The quantitative estimate of drug-likeness (QED) is 0.696. The molecule has 1 aliphatic rings. The second-order valence-corrected chi connectivity index (χ2v) is 3.50. The molecule has 4 nitrogen and oxygen atoms in total. The van der Waals surface area contributed by atoms with Crippen molar-refractivity contribution in [3.05, 3.63) is 23.6 Å². The Bertz CT molecular complexity index is 475. The lowest BCUT2D eigenvalue weighted by molar-refractivity contribution is 0.0758. The molecule has 0 radical (unpaired) electrons. The first kappa shape index (κ1) is 11.7. The monoisotopic (exact) mass is 243 g/mol. The Hall–Kier alpha value is -1.81. The van der Waals surface area contributed by atoms with Crippen LogP contribution < -0.4 is 4.90 Å². The van der Waals surface area contributed by atoms with Gasteiger partial charge in [0.15, 0.2) is 23.6 Å². The van der Waals surface area contributed by atoms with Crippen LogP contribution >= 0.6 is 0 Å². The molecule has 90 valence electrons. The van der Waals surface area contributed by atoms with Crippen molar-refractivity contribution in [1.29, 1.82) is 5.26 Å². The Labute approximate surface area is 95.2 Å². The van der Waals surface area contributed by atoms with Gasteiger partial charge in [0.1, 0.15) is 0 Å². The van der Waals surface area contributed by atoms with E-state index in [-0.39, 0.29) is 25.5 Å². The summed E-state index contributed by atoms with van der Waals surface area (Å²) >= 11 is 0. The average molecular weight is 243 g/mol. The van der Waals surface area contributed by atoms with Gasteiger partial charge in [-0.3, -0.25) is 0 Å². The van der Waals surface area contributed by atoms with Gasteiger partial charge in [-0.05, 0) is 0 Å². The molecule has 0 N–H and O–H groups in total. The third kappa shape index (κ3) is 2.31. The highest BCUT2D eigenvalue weighted by Gasteiger charge is 2.24. The predicted octanol–water partition coefficient (Wildman–Crippen LogP) is 1.23. The molecule has 0 saturated carbocycles. The zero-order valence-electron chi connectivity index (χ0n) is 8.66. The van der Waals surface area contributed by atoms with Crippen LogP contribution in [0.2, 0.25) is 0 Å². The molecule has 17 heavy (non-hydrogen) atoms. The highest BCUT2D eigenvalue weighted by atomic mass is 19.2. The first-order valence-electron chi connectivity index (χ1n) is 4.89. The highest BCUT2D eigenvalue weighted by Crippen LogP contribution is 2.20. The van der Waals surface area contributed by atoms with E-state index in [9.17, 15) is 13.2 Å². The normalized spacial score (nSPS) is 20.1. The van der Waals surface area contributed by atoms with Crippen molar-refractivity contribution in [2.45, 2.75) is 6.10 Å². The number of anilines is 1.